The third kappa shape index (κ3) is 4.68. The average molecular weight is 317 g/mol. The van der Waals surface area contributed by atoms with E-state index in [1.807, 2.05) is 17.5 Å². The second-order valence-electron chi connectivity index (χ2n) is 5.70. The summed E-state index contributed by atoms with van der Waals surface area (Å²) >= 11 is 1.49. The van der Waals surface area contributed by atoms with Gasteiger partial charge in [0.05, 0.1) is 6.54 Å². The second-order valence-corrected chi connectivity index (χ2v) is 6.65. The number of benzene rings is 1. The largest absolute Gasteiger partial charge is 0.383 e. The first kappa shape index (κ1) is 16.7. The molecule has 1 amide bonds. The first-order chi connectivity index (χ1) is 10.5. The van der Waals surface area contributed by atoms with Crippen molar-refractivity contribution in [3.63, 3.8) is 0 Å². The Balaban J connectivity index is 1.78. The summed E-state index contributed by atoms with van der Waals surface area (Å²) in [5, 5.41) is 15.1. The molecule has 0 saturated carbocycles. The first-order valence-corrected chi connectivity index (χ1v) is 8.50. The highest BCUT2D eigenvalue weighted by Crippen LogP contribution is 2.24. The number of nitrogens with one attached hydrogen (secondary N) is 1. The SMILES string of the molecule is CCc1ccc(CCC(=O)NCC(C)(O)c2cccs2)cc1. The summed E-state index contributed by atoms with van der Waals surface area (Å²) in [6.07, 6.45) is 2.18. The molecule has 2 rings (SSSR count). The van der Waals surface area contributed by atoms with E-state index in [-0.39, 0.29) is 12.5 Å². The van der Waals surface area contributed by atoms with E-state index in [0.29, 0.717) is 6.42 Å². The number of carbonyl (C=O) groups excluding carboxylic acids is 1. The van der Waals surface area contributed by atoms with Crippen LogP contribution in [0, 0.1) is 0 Å². The van der Waals surface area contributed by atoms with Crippen LogP contribution in [0.3, 0.4) is 0 Å². The van der Waals surface area contributed by atoms with Gasteiger partial charge in [-0.25, -0.2) is 0 Å². The zero-order valence-electron chi connectivity index (χ0n) is 13.1. The van der Waals surface area contributed by atoms with Gasteiger partial charge in [-0.15, -0.1) is 11.3 Å². The lowest BCUT2D eigenvalue weighted by atomic mass is 10.0. The van der Waals surface area contributed by atoms with E-state index < -0.39 is 5.60 Å². The zero-order chi connectivity index (χ0) is 16.0. The Hall–Kier alpha value is -1.65. The summed E-state index contributed by atoms with van der Waals surface area (Å²) < 4.78 is 0. The van der Waals surface area contributed by atoms with Crippen molar-refractivity contribution >= 4 is 17.2 Å². The molecular formula is C18H23NO2S. The fourth-order valence-electron chi connectivity index (χ4n) is 2.23. The quantitative estimate of drug-likeness (QED) is 0.823. The Morgan fingerprint density at radius 2 is 1.91 bits per heavy atom. The van der Waals surface area contributed by atoms with Crippen LogP contribution in [0.5, 0.6) is 0 Å². The van der Waals surface area contributed by atoms with Crippen LogP contribution in [0.2, 0.25) is 0 Å². The second kappa shape index (κ2) is 7.56. The normalized spacial score (nSPS) is 13.6. The average Bonchev–Trinajstić information content (AvgIpc) is 3.07. The fraction of sp³-hybridized carbons (Fsp3) is 0.389. The molecule has 0 fully saturated rings. The fourth-order valence-corrected chi connectivity index (χ4v) is 3.02. The third-order valence-electron chi connectivity index (χ3n) is 3.75. The number of hydrogen-bond donors (Lipinski definition) is 2. The Morgan fingerprint density at radius 3 is 2.50 bits per heavy atom. The van der Waals surface area contributed by atoms with E-state index >= 15 is 0 Å². The molecule has 0 aliphatic heterocycles. The third-order valence-corrected chi connectivity index (χ3v) is 4.88. The van der Waals surface area contributed by atoms with Crippen LogP contribution >= 0.6 is 11.3 Å². The van der Waals surface area contributed by atoms with Crippen LogP contribution < -0.4 is 5.32 Å². The number of hydrogen-bond acceptors (Lipinski definition) is 3. The smallest absolute Gasteiger partial charge is 0.220 e. The Bertz CT molecular complexity index is 588. The zero-order valence-corrected chi connectivity index (χ0v) is 14.0. The highest BCUT2D eigenvalue weighted by atomic mass is 32.1. The van der Waals surface area contributed by atoms with E-state index in [1.54, 1.807) is 6.92 Å². The lowest BCUT2D eigenvalue weighted by Gasteiger charge is -2.22. The van der Waals surface area contributed by atoms with Crippen LogP contribution in [0.1, 0.15) is 36.3 Å². The molecule has 2 N–H and O–H groups in total. The van der Waals surface area contributed by atoms with Gasteiger partial charge in [0.25, 0.3) is 0 Å². The number of rotatable bonds is 7. The van der Waals surface area contributed by atoms with Crippen LogP contribution in [-0.4, -0.2) is 17.6 Å². The van der Waals surface area contributed by atoms with E-state index in [9.17, 15) is 9.90 Å². The van der Waals surface area contributed by atoms with E-state index in [0.717, 1.165) is 23.3 Å². The maximum absolute atomic E-state index is 11.9. The number of thiophene rings is 1. The Morgan fingerprint density at radius 1 is 1.23 bits per heavy atom. The molecule has 0 aliphatic carbocycles. The molecule has 0 saturated heterocycles. The summed E-state index contributed by atoms with van der Waals surface area (Å²) in [4.78, 5) is 12.8. The maximum atomic E-state index is 11.9. The minimum Gasteiger partial charge on any atom is -0.383 e. The van der Waals surface area contributed by atoms with Crippen LogP contribution in [0.25, 0.3) is 0 Å². The molecule has 118 valence electrons. The number of amides is 1. The van der Waals surface area contributed by atoms with E-state index in [1.165, 1.54) is 16.9 Å². The summed E-state index contributed by atoms with van der Waals surface area (Å²) in [6, 6.07) is 12.1. The van der Waals surface area contributed by atoms with Gasteiger partial charge in [-0.05, 0) is 42.3 Å². The van der Waals surface area contributed by atoms with Crippen LogP contribution in [0.4, 0.5) is 0 Å². The highest BCUT2D eigenvalue weighted by molar-refractivity contribution is 7.10. The van der Waals surface area contributed by atoms with Crippen molar-refractivity contribution in [3.8, 4) is 0 Å². The van der Waals surface area contributed by atoms with Gasteiger partial charge in [0.1, 0.15) is 5.60 Å². The van der Waals surface area contributed by atoms with Gasteiger partial charge in [0.2, 0.25) is 5.91 Å². The van der Waals surface area contributed by atoms with Crippen LogP contribution in [-0.2, 0) is 23.2 Å². The van der Waals surface area contributed by atoms with Gasteiger partial charge in [-0.2, -0.15) is 0 Å². The van der Waals surface area contributed by atoms with Crippen molar-refractivity contribution in [1.82, 2.24) is 5.32 Å². The summed E-state index contributed by atoms with van der Waals surface area (Å²) in [6.45, 7) is 4.09. The van der Waals surface area contributed by atoms with Crippen molar-refractivity contribution in [3.05, 3.63) is 57.8 Å². The monoisotopic (exact) mass is 317 g/mol. The maximum Gasteiger partial charge on any atom is 0.220 e. The van der Waals surface area contributed by atoms with Gasteiger partial charge in [0, 0.05) is 11.3 Å². The minimum atomic E-state index is -1.01. The topological polar surface area (TPSA) is 49.3 Å². The van der Waals surface area contributed by atoms with Gasteiger partial charge in [-0.3, -0.25) is 4.79 Å². The molecule has 2 aromatic rings. The molecule has 4 heteroatoms. The lowest BCUT2D eigenvalue weighted by Crippen LogP contribution is -2.38. The molecule has 0 radical (unpaired) electrons. The van der Waals surface area contributed by atoms with Crippen molar-refractivity contribution in [1.29, 1.82) is 0 Å². The molecule has 1 heterocycles. The van der Waals surface area contributed by atoms with Gasteiger partial charge < -0.3 is 10.4 Å². The van der Waals surface area contributed by atoms with Gasteiger partial charge >= 0.3 is 0 Å². The molecule has 0 spiro atoms. The van der Waals surface area contributed by atoms with Gasteiger partial charge in [0.15, 0.2) is 0 Å². The highest BCUT2D eigenvalue weighted by Gasteiger charge is 2.24. The Kier molecular flexibility index (Phi) is 5.75. The molecule has 3 nitrogen and oxygen atoms in total. The molecule has 1 atom stereocenters. The van der Waals surface area contributed by atoms with Crippen molar-refractivity contribution in [2.24, 2.45) is 0 Å². The number of aryl methyl sites for hydroxylation is 2. The van der Waals surface area contributed by atoms with Crippen molar-refractivity contribution in [2.45, 2.75) is 38.7 Å². The molecule has 1 unspecified atom stereocenters. The molecule has 0 aliphatic rings. The minimum absolute atomic E-state index is 0.0311. The molecule has 1 aromatic carbocycles. The first-order valence-electron chi connectivity index (χ1n) is 7.62. The molecule has 1 aromatic heterocycles. The number of aliphatic hydroxyl groups is 1. The lowest BCUT2D eigenvalue weighted by molar-refractivity contribution is -0.122. The predicted octanol–water partition coefficient (Wildman–Crippen LogP) is 3.27. The molecule has 0 bridgehead atoms. The summed E-state index contributed by atoms with van der Waals surface area (Å²) in [5.74, 6) is -0.0311. The van der Waals surface area contributed by atoms with Gasteiger partial charge in [-0.1, -0.05) is 37.3 Å². The summed E-state index contributed by atoms with van der Waals surface area (Å²) in [5.41, 5.74) is 1.46. The predicted molar refractivity (Wildman–Crippen MR) is 91.0 cm³/mol. The van der Waals surface area contributed by atoms with Crippen LogP contribution in [0.15, 0.2) is 41.8 Å². The van der Waals surface area contributed by atoms with Crippen molar-refractivity contribution in [2.75, 3.05) is 6.54 Å². The standard InChI is InChI=1S/C18H23NO2S/c1-3-14-6-8-15(9-7-14)10-11-17(20)19-13-18(2,21)16-5-4-12-22-16/h4-9,12,21H,3,10-11,13H2,1-2H3,(H,19,20). The Labute approximate surface area is 136 Å². The van der Waals surface area contributed by atoms with E-state index in [4.69, 9.17) is 0 Å². The number of carbonyl (C=O) groups is 1. The summed E-state index contributed by atoms with van der Waals surface area (Å²) in [7, 11) is 0. The van der Waals surface area contributed by atoms with E-state index in [2.05, 4.69) is 36.5 Å². The molecular weight excluding hydrogens is 294 g/mol. The van der Waals surface area contributed by atoms with Crippen molar-refractivity contribution < 1.29 is 9.90 Å². The molecule has 22 heavy (non-hydrogen) atoms.